The van der Waals surface area contributed by atoms with Gasteiger partial charge < -0.3 is 14.7 Å². The number of amides is 2. The summed E-state index contributed by atoms with van der Waals surface area (Å²) in [7, 11) is 0. The highest BCUT2D eigenvalue weighted by Gasteiger charge is 2.18. The molecule has 9 heteroatoms. The highest BCUT2D eigenvalue weighted by atomic mass is 19.1. The molecule has 150 valence electrons. The van der Waals surface area contributed by atoms with Crippen molar-refractivity contribution < 1.29 is 18.5 Å². The third-order valence-corrected chi connectivity index (χ3v) is 4.58. The van der Waals surface area contributed by atoms with Crippen LogP contribution < -0.4 is 15.5 Å². The number of anilines is 2. The van der Waals surface area contributed by atoms with Gasteiger partial charge >= 0.3 is 11.8 Å². The van der Waals surface area contributed by atoms with Gasteiger partial charge in [-0.25, -0.2) is 4.39 Å². The van der Waals surface area contributed by atoms with E-state index in [9.17, 15) is 14.0 Å². The monoisotopic (exact) mass is 389 g/mol. The van der Waals surface area contributed by atoms with Gasteiger partial charge in [0, 0.05) is 44.5 Å². The SMILES string of the molecule is Cc1cc(NC(=O)C(=O)NCCCN2CCN(c3ccc(F)cc3)CC2)no1. The molecule has 3 rings (SSSR count). The van der Waals surface area contributed by atoms with Gasteiger partial charge in [0.2, 0.25) is 0 Å². The van der Waals surface area contributed by atoms with Gasteiger partial charge in [-0.3, -0.25) is 19.8 Å². The molecule has 1 aliphatic rings. The minimum Gasteiger partial charge on any atom is -0.369 e. The van der Waals surface area contributed by atoms with Crippen LogP contribution in [0.1, 0.15) is 12.2 Å². The summed E-state index contributed by atoms with van der Waals surface area (Å²) in [5, 5.41) is 8.60. The Morgan fingerprint density at radius 3 is 2.50 bits per heavy atom. The van der Waals surface area contributed by atoms with Crippen LogP contribution in [-0.4, -0.2) is 61.1 Å². The van der Waals surface area contributed by atoms with E-state index in [1.807, 2.05) is 0 Å². The predicted octanol–water partition coefficient (Wildman–Crippen LogP) is 1.39. The first-order valence-electron chi connectivity index (χ1n) is 9.26. The zero-order valence-corrected chi connectivity index (χ0v) is 15.8. The molecule has 0 bridgehead atoms. The van der Waals surface area contributed by atoms with Gasteiger partial charge in [0.05, 0.1) is 0 Å². The van der Waals surface area contributed by atoms with Crippen molar-refractivity contribution in [2.24, 2.45) is 0 Å². The van der Waals surface area contributed by atoms with Crippen LogP contribution >= 0.6 is 0 Å². The fraction of sp³-hybridized carbons (Fsp3) is 0.421. The van der Waals surface area contributed by atoms with Crippen molar-refractivity contribution in [1.82, 2.24) is 15.4 Å². The number of aryl methyl sites for hydroxylation is 1. The van der Waals surface area contributed by atoms with Gasteiger partial charge in [0.15, 0.2) is 5.82 Å². The van der Waals surface area contributed by atoms with Gasteiger partial charge in [-0.2, -0.15) is 0 Å². The third kappa shape index (κ3) is 5.53. The number of nitrogens with one attached hydrogen (secondary N) is 2. The van der Waals surface area contributed by atoms with Crippen LogP contribution in [0.3, 0.4) is 0 Å². The first kappa shape index (κ1) is 19.8. The Kier molecular flexibility index (Phi) is 6.59. The van der Waals surface area contributed by atoms with Crippen molar-refractivity contribution in [2.45, 2.75) is 13.3 Å². The molecule has 1 fully saturated rings. The fourth-order valence-corrected chi connectivity index (χ4v) is 3.06. The van der Waals surface area contributed by atoms with Gasteiger partial charge in [-0.05, 0) is 44.2 Å². The van der Waals surface area contributed by atoms with E-state index >= 15 is 0 Å². The lowest BCUT2D eigenvalue weighted by Crippen LogP contribution is -2.47. The number of nitrogens with zero attached hydrogens (tertiary/aromatic N) is 3. The summed E-state index contributed by atoms with van der Waals surface area (Å²) in [5.41, 5.74) is 1.03. The highest BCUT2D eigenvalue weighted by Crippen LogP contribution is 2.16. The standard InChI is InChI=1S/C19H24FN5O3/c1-14-13-17(23-28-14)22-19(27)18(26)21-7-2-8-24-9-11-25(12-10-24)16-5-3-15(20)4-6-16/h3-6,13H,2,7-12H2,1H3,(H,21,26)(H,22,23,27). The molecule has 2 N–H and O–H groups in total. The Bertz CT molecular complexity index is 800. The molecule has 0 aliphatic carbocycles. The van der Waals surface area contributed by atoms with E-state index in [2.05, 4.69) is 25.6 Å². The third-order valence-electron chi connectivity index (χ3n) is 4.58. The Morgan fingerprint density at radius 1 is 1.14 bits per heavy atom. The van der Waals surface area contributed by atoms with E-state index in [1.54, 1.807) is 19.1 Å². The molecule has 0 unspecified atom stereocenters. The first-order chi connectivity index (χ1) is 13.5. The van der Waals surface area contributed by atoms with E-state index in [0.29, 0.717) is 12.3 Å². The highest BCUT2D eigenvalue weighted by molar-refractivity contribution is 6.39. The van der Waals surface area contributed by atoms with Gasteiger partial charge in [-0.1, -0.05) is 5.16 Å². The molecule has 8 nitrogen and oxygen atoms in total. The smallest absolute Gasteiger partial charge is 0.314 e. The lowest BCUT2D eigenvalue weighted by Gasteiger charge is -2.36. The van der Waals surface area contributed by atoms with Gasteiger partial charge in [0.25, 0.3) is 0 Å². The van der Waals surface area contributed by atoms with E-state index in [0.717, 1.165) is 44.8 Å². The van der Waals surface area contributed by atoms with Crippen LogP contribution in [0.4, 0.5) is 15.9 Å². The Labute approximate surface area is 162 Å². The van der Waals surface area contributed by atoms with Crippen molar-refractivity contribution in [2.75, 3.05) is 49.5 Å². The Balaban J connectivity index is 1.31. The van der Waals surface area contributed by atoms with Crippen molar-refractivity contribution in [3.63, 3.8) is 0 Å². The number of carbonyl (C=O) groups excluding carboxylic acids is 2. The molecule has 28 heavy (non-hydrogen) atoms. The Morgan fingerprint density at radius 2 is 1.86 bits per heavy atom. The first-order valence-corrected chi connectivity index (χ1v) is 9.26. The predicted molar refractivity (Wildman–Crippen MR) is 103 cm³/mol. The molecule has 1 aromatic carbocycles. The number of piperazine rings is 1. The molecule has 0 radical (unpaired) electrons. The van der Waals surface area contributed by atoms with Crippen LogP contribution in [0, 0.1) is 12.7 Å². The van der Waals surface area contributed by atoms with E-state index in [-0.39, 0.29) is 11.6 Å². The molecule has 0 atom stereocenters. The number of benzene rings is 1. The summed E-state index contributed by atoms with van der Waals surface area (Å²) in [6.45, 7) is 6.50. The minimum atomic E-state index is -0.763. The maximum atomic E-state index is 13.0. The summed E-state index contributed by atoms with van der Waals surface area (Å²) in [6, 6.07) is 8.09. The molecule has 0 saturated carbocycles. The molecular weight excluding hydrogens is 365 g/mol. The van der Waals surface area contributed by atoms with Crippen molar-refractivity contribution in [1.29, 1.82) is 0 Å². The molecule has 2 aromatic rings. The zero-order chi connectivity index (χ0) is 19.9. The van der Waals surface area contributed by atoms with E-state index in [1.165, 1.54) is 18.2 Å². The number of halogens is 1. The summed E-state index contributed by atoms with van der Waals surface area (Å²) >= 11 is 0. The topological polar surface area (TPSA) is 90.7 Å². The molecule has 1 aromatic heterocycles. The minimum absolute atomic E-state index is 0.219. The zero-order valence-electron chi connectivity index (χ0n) is 15.8. The molecular formula is C19H24FN5O3. The lowest BCUT2D eigenvalue weighted by atomic mass is 10.2. The van der Waals surface area contributed by atoms with Crippen molar-refractivity contribution >= 4 is 23.3 Å². The second kappa shape index (κ2) is 9.32. The molecule has 2 heterocycles. The van der Waals surface area contributed by atoms with Crippen molar-refractivity contribution in [3.8, 4) is 0 Å². The van der Waals surface area contributed by atoms with Crippen LogP contribution in [0.15, 0.2) is 34.9 Å². The number of rotatable bonds is 6. The van der Waals surface area contributed by atoms with Crippen LogP contribution in [0.5, 0.6) is 0 Å². The molecule has 0 spiro atoms. The van der Waals surface area contributed by atoms with Crippen LogP contribution in [0.2, 0.25) is 0 Å². The summed E-state index contributed by atoms with van der Waals surface area (Å²) in [5.74, 6) is -0.913. The normalized spacial score (nSPS) is 14.7. The maximum Gasteiger partial charge on any atom is 0.314 e. The summed E-state index contributed by atoms with van der Waals surface area (Å²) in [6.07, 6.45) is 0.749. The van der Waals surface area contributed by atoms with E-state index < -0.39 is 11.8 Å². The summed E-state index contributed by atoms with van der Waals surface area (Å²) in [4.78, 5) is 28.1. The number of hydrogen-bond acceptors (Lipinski definition) is 6. The number of aromatic nitrogens is 1. The number of carbonyl (C=O) groups is 2. The lowest BCUT2D eigenvalue weighted by molar-refractivity contribution is -0.136. The molecule has 2 amide bonds. The number of hydrogen-bond donors (Lipinski definition) is 2. The summed E-state index contributed by atoms with van der Waals surface area (Å²) < 4.78 is 17.8. The second-order valence-electron chi connectivity index (χ2n) is 6.69. The van der Waals surface area contributed by atoms with E-state index in [4.69, 9.17) is 4.52 Å². The molecule has 1 saturated heterocycles. The van der Waals surface area contributed by atoms with Crippen LogP contribution in [-0.2, 0) is 9.59 Å². The van der Waals surface area contributed by atoms with Gasteiger partial charge in [-0.15, -0.1) is 0 Å². The van der Waals surface area contributed by atoms with Gasteiger partial charge in [0.1, 0.15) is 11.6 Å². The molecule has 1 aliphatic heterocycles. The van der Waals surface area contributed by atoms with Crippen molar-refractivity contribution in [3.05, 3.63) is 41.9 Å². The second-order valence-corrected chi connectivity index (χ2v) is 6.69. The van der Waals surface area contributed by atoms with Crippen LogP contribution in [0.25, 0.3) is 0 Å². The largest absolute Gasteiger partial charge is 0.369 e. The maximum absolute atomic E-state index is 13.0. The Hall–Kier alpha value is -2.94. The average Bonchev–Trinajstić information content (AvgIpc) is 3.11. The quantitative estimate of drug-likeness (QED) is 0.573. The fourth-order valence-electron chi connectivity index (χ4n) is 3.06. The average molecular weight is 389 g/mol.